The summed E-state index contributed by atoms with van der Waals surface area (Å²) in [6.07, 6.45) is 0. The van der Waals surface area contributed by atoms with Crippen LogP contribution in [0.3, 0.4) is 0 Å². The van der Waals surface area contributed by atoms with Crippen molar-refractivity contribution < 1.29 is 13.2 Å². The average Bonchev–Trinajstić information content (AvgIpc) is 3.05. The van der Waals surface area contributed by atoms with E-state index in [1.807, 2.05) is 49.4 Å². The minimum atomic E-state index is -3.69. The molecule has 6 nitrogen and oxygen atoms in total. The van der Waals surface area contributed by atoms with E-state index in [9.17, 15) is 13.2 Å². The number of hydrogen-bond donors (Lipinski definition) is 1. The van der Waals surface area contributed by atoms with E-state index in [1.54, 1.807) is 16.7 Å². The minimum Gasteiger partial charge on any atom is -0.492 e. The molecule has 0 saturated carbocycles. The summed E-state index contributed by atoms with van der Waals surface area (Å²) >= 11 is 1.05. The van der Waals surface area contributed by atoms with Crippen molar-refractivity contribution in [1.82, 2.24) is 9.29 Å². The molecule has 0 aliphatic heterocycles. The fourth-order valence-corrected chi connectivity index (χ4v) is 5.36. The molecule has 0 aliphatic rings. The number of thiazole rings is 1. The minimum absolute atomic E-state index is 0.0894. The second-order valence-electron chi connectivity index (χ2n) is 6.47. The first kappa shape index (κ1) is 19.6. The molecular weight excluding hydrogens is 408 g/mol. The van der Waals surface area contributed by atoms with Gasteiger partial charge in [0.25, 0.3) is 0 Å². The SMILES string of the molecule is CCn1c(=O)sc2cc(S(=O)(=O)NCCOc3cccc4ccccc34)ccc21. The molecule has 29 heavy (non-hydrogen) atoms. The van der Waals surface area contributed by atoms with Crippen LogP contribution in [0.2, 0.25) is 0 Å². The van der Waals surface area contributed by atoms with Crippen LogP contribution in [-0.2, 0) is 16.6 Å². The first-order valence-electron chi connectivity index (χ1n) is 9.23. The third-order valence-electron chi connectivity index (χ3n) is 4.67. The molecule has 0 unspecified atom stereocenters. The highest BCUT2D eigenvalue weighted by Gasteiger charge is 2.16. The number of fused-ring (bicyclic) bond motifs is 2. The average molecular weight is 429 g/mol. The van der Waals surface area contributed by atoms with Gasteiger partial charge in [-0.15, -0.1) is 0 Å². The Bertz CT molecular complexity index is 1330. The first-order valence-corrected chi connectivity index (χ1v) is 11.5. The summed E-state index contributed by atoms with van der Waals surface area (Å²) in [5, 5.41) is 2.05. The fraction of sp³-hybridized carbons (Fsp3) is 0.190. The van der Waals surface area contributed by atoms with Crippen LogP contribution in [0.1, 0.15) is 6.92 Å². The molecule has 1 heterocycles. The Kier molecular flexibility index (Phi) is 5.40. The van der Waals surface area contributed by atoms with E-state index in [0.29, 0.717) is 11.2 Å². The van der Waals surface area contributed by atoms with E-state index in [1.165, 1.54) is 6.07 Å². The molecule has 3 aromatic carbocycles. The van der Waals surface area contributed by atoms with Gasteiger partial charge >= 0.3 is 4.87 Å². The van der Waals surface area contributed by atoms with Crippen LogP contribution in [0.5, 0.6) is 5.75 Å². The zero-order valence-electron chi connectivity index (χ0n) is 15.8. The summed E-state index contributed by atoms with van der Waals surface area (Å²) < 4.78 is 35.9. The standard InChI is InChI=1S/C21H20N2O4S2/c1-2-23-18-11-10-16(14-20(18)28-21(23)24)29(25,26)22-12-13-27-19-9-5-7-15-6-3-4-8-17(15)19/h3-11,14,22H,2,12-13H2,1H3. The van der Waals surface area contributed by atoms with Gasteiger partial charge in [0.05, 0.1) is 15.1 Å². The van der Waals surface area contributed by atoms with Gasteiger partial charge < -0.3 is 4.74 Å². The number of ether oxygens (including phenoxy) is 1. The van der Waals surface area contributed by atoms with Crippen LogP contribution < -0.4 is 14.3 Å². The predicted molar refractivity (Wildman–Crippen MR) is 116 cm³/mol. The summed E-state index contributed by atoms with van der Waals surface area (Å²) in [7, 11) is -3.69. The lowest BCUT2D eigenvalue weighted by Gasteiger charge is -2.11. The van der Waals surface area contributed by atoms with Gasteiger partial charge in [-0.2, -0.15) is 0 Å². The number of aryl methyl sites for hydroxylation is 1. The van der Waals surface area contributed by atoms with Crippen molar-refractivity contribution in [1.29, 1.82) is 0 Å². The molecule has 150 valence electrons. The molecule has 4 rings (SSSR count). The Morgan fingerprint density at radius 1 is 1.07 bits per heavy atom. The van der Waals surface area contributed by atoms with Crippen molar-refractivity contribution in [2.75, 3.05) is 13.2 Å². The first-order chi connectivity index (χ1) is 14.0. The normalized spacial score (nSPS) is 11.9. The number of nitrogens with one attached hydrogen (secondary N) is 1. The molecule has 8 heteroatoms. The van der Waals surface area contributed by atoms with E-state index >= 15 is 0 Å². The molecule has 0 fully saturated rings. The van der Waals surface area contributed by atoms with Crippen molar-refractivity contribution in [3.05, 3.63) is 70.3 Å². The van der Waals surface area contributed by atoms with Crippen molar-refractivity contribution in [3.8, 4) is 5.75 Å². The van der Waals surface area contributed by atoms with Gasteiger partial charge in [0, 0.05) is 18.5 Å². The van der Waals surface area contributed by atoms with Crippen LogP contribution in [0, 0.1) is 0 Å². The van der Waals surface area contributed by atoms with E-state index in [0.717, 1.165) is 33.4 Å². The van der Waals surface area contributed by atoms with E-state index in [-0.39, 0.29) is 22.9 Å². The summed E-state index contributed by atoms with van der Waals surface area (Å²) in [4.78, 5) is 12.0. The van der Waals surface area contributed by atoms with Crippen molar-refractivity contribution in [3.63, 3.8) is 0 Å². The van der Waals surface area contributed by atoms with Crippen molar-refractivity contribution in [2.45, 2.75) is 18.4 Å². The van der Waals surface area contributed by atoms with Crippen LogP contribution >= 0.6 is 11.3 Å². The highest BCUT2D eigenvalue weighted by molar-refractivity contribution is 7.89. The third kappa shape index (κ3) is 3.91. The maximum absolute atomic E-state index is 12.6. The number of sulfonamides is 1. The molecule has 0 radical (unpaired) electrons. The summed E-state index contributed by atoms with van der Waals surface area (Å²) in [5.74, 6) is 0.717. The molecule has 0 saturated heterocycles. The van der Waals surface area contributed by atoms with Gasteiger partial charge in [0.1, 0.15) is 12.4 Å². The number of aromatic nitrogens is 1. The van der Waals surface area contributed by atoms with E-state index in [2.05, 4.69) is 4.72 Å². The van der Waals surface area contributed by atoms with Crippen molar-refractivity contribution in [2.24, 2.45) is 0 Å². The zero-order chi connectivity index (χ0) is 20.4. The second-order valence-corrected chi connectivity index (χ2v) is 9.23. The second kappa shape index (κ2) is 7.98. The van der Waals surface area contributed by atoms with Gasteiger partial charge in [-0.3, -0.25) is 9.36 Å². The maximum atomic E-state index is 12.6. The van der Waals surface area contributed by atoms with Crippen LogP contribution in [0.4, 0.5) is 0 Å². The molecule has 0 spiro atoms. The summed E-state index contributed by atoms with van der Waals surface area (Å²) in [6.45, 7) is 2.77. The molecule has 0 amide bonds. The Balaban J connectivity index is 1.45. The number of nitrogens with zero attached hydrogens (tertiary/aromatic N) is 1. The van der Waals surface area contributed by atoms with Crippen LogP contribution in [0.15, 0.2) is 70.4 Å². The molecule has 0 atom stereocenters. The van der Waals surface area contributed by atoms with Gasteiger partial charge in [0.15, 0.2) is 0 Å². The number of benzene rings is 3. The number of hydrogen-bond acceptors (Lipinski definition) is 5. The lowest BCUT2D eigenvalue weighted by Crippen LogP contribution is -2.28. The summed E-state index contributed by atoms with van der Waals surface area (Å²) in [5.41, 5.74) is 0.751. The molecular formula is C21H20N2O4S2. The summed E-state index contributed by atoms with van der Waals surface area (Å²) in [6, 6.07) is 18.4. The Hall–Kier alpha value is -2.68. The lowest BCUT2D eigenvalue weighted by atomic mass is 10.1. The molecule has 1 N–H and O–H groups in total. The Morgan fingerprint density at radius 2 is 1.86 bits per heavy atom. The fourth-order valence-electron chi connectivity index (χ4n) is 3.26. The van der Waals surface area contributed by atoms with Crippen LogP contribution in [0.25, 0.3) is 21.0 Å². The molecule has 4 aromatic rings. The van der Waals surface area contributed by atoms with Crippen molar-refractivity contribution >= 4 is 42.3 Å². The zero-order valence-corrected chi connectivity index (χ0v) is 17.4. The topological polar surface area (TPSA) is 77.4 Å². The molecule has 0 bridgehead atoms. The quantitative estimate of drug-likeness (QED) is 0.456. The predicted octanol–water partition coefficient (Wildman–Crippen LogP) is 3.59. The van der Waals surface area contributed by atoms with Gasteiger partial charge in [-0.1, -0.05) is 47.7 Å². The van der Waals surface area contributed by atoms with E-state index in [4.69, 9.17) is 4.74 Å². The third-order valence-corrected chi connectivity index (χ3v) is 7.07. The lowest BCUT2D eigenvalue weighted by molar-refractivity contribution is 0.326. The molecule has 1 aromatic heterocycles. The molecule has 0 aliphatic carbocycles. The van der Waals surface area contributed by atoms with Crippen LogP contribution in [-0.4, -0.2) is 26.1 Å². The highest BCUT2D eigenvalue weighted by Crippen LogP contribution is 2.25. The maximum Gasteiger partial charge on any atom is 0.308 e. The number of rotatable bonds is 7. The van der Waals surface area contributed by atoms with Gasteiger partial charge in [-0.25, -0.2) is 13.1 Å². The Labute approximate surface area is 172 Å². The Morgan fingerprint density at radius 3 is 2.69 bits per heavy atom. The monoisotopic (exact) mass is 428 g/mol. The van der Waals surface area contributed by atoms with E-state index < -0.39 is 10.0 Å². The smallest absolute Gasteiger partial charge is 0.308 e. The van der Waals surface area contributed by atoms with Gasteiger partial charge in [0.2, 0.25) is 10.0 Å². The largest absolute Gasteiger partial charge is 0.492 e. The highest BCUT2D eigenvalue weighted by atomic mass is 32.2. The van der Waals surface area contributed by atoms with Gasteiger partial charge in [-0.05, 0) is 36.6 Å².